The minimum atomic E-state index is -3.71. The molecule has 1 aliphatic rings. The van der Waals surface area contributed by atoms with E-state index in [0.29, 0.717) is 16.4 Å². The summed E-state index contributed by atoms with van der Waals surface area (Å²) in [5.74, 6) is -0.139. The normalized spacial score (nSPS) is 16.4. The Morgan fingerprint density at radius 2 is 2.10 bits per heavy atom. The zero-order valence-corrected chi connectivity index (χ0v) is 13.0. The molecule has 1 amide bonds. The number of hydrogen-bond donors (Lipinski definition) is 2. The number of nitrogens with zero attached hydrogens (tertiary/aromatic N) is 1. The number of anilines is 2. The molecule has 1 aromatic carbocycles. The maximum atomic E-state index is 12.3. The number of carbonyl (C=O) groups excluding carboxylic acids is 1. The van der Waals surface area contributed by atoms with Crippen LogP contribution in [-0.2, 0) is 20.2 Å². The Hall–Kier alpha value is -1.93. The summed E-state index contributed by atoms with van der Waals surface area (Å²) in [5.41, 5.74) is 0.579. The van der Waals surface area contributed by atoms with Gasteiger partial charge in [0.1, 0.15) is 0 Å². The monoisotopic (exact) mass is 323 g/mol. The molecule has 1 aromatic heterocycles. The van der Waals surface area contributed by atoms with Crippen LogP contribution in [-0.4, -0.2) is 19.3 Å². The Kier molecular flexibility index (Phi) is 3.03. The number of fused-ring (bicyclic) bond motifs is 1. The fraction of sp³-hybridized carbons (Fsp3) is 0.231. The number of hydrogen-bond acceptors (Lipinski definition) is 5. The third-order valence-corrected chi connectivity index (χ3v) is 5.60. The third-order valence-electron chi connectivity index (χ3n) is 3.44. The number of thiazole rings is 1. The molecule has 110 valence electrons. The topological polar surface area (TPSA) is 88.2 Å². The largest absolute Gasteiger partial charge is 0.325 e. The molecule has 0 bridgehead atoms. The quantitative estimate of drug-likeness (QED) is 0.906. The minimum Gasteiger partial charge on any atom is -0.325 e. The van der Waals surface area contributed by atoms with Gasteiger partial charge in [-0.1, -0.05) is 0 Å². The van der Waals surface area contributed by atoms with Crippen molar-refractivity contribution in [1.29, 1.82) is 0 Å². The number of aromatic nitrogens is 1. The fourth-order valence-electron chi connectivity index (χ4n) is 2.17. The molecule has 0 saturated carbocycles. The van der Waals surface area contributed by atoms with Gasteiger partial charge in [0.15, 0.2) is 5.13 Å². The number of carbonyl (C=O) groups is 1. The van der Waals surface area contributed by atoms with Crippen molar-refractivity contribution < 1.29 is 13.2 Å². The van der Waals surface area contributed by atoms with Gasteiger partial charge in [-0.05, 0) is 37.6 Å². The highest BCUT2D eigenvalue weighted by Gasteiger charge is 2.39. The van der Waals surface area contributed by atoms with Crippen molar-refractivity contribution in [2.75, 3.05) is 10.0 Å². The van der Waals surface area contributed by atoms with Crippen molar-refractivity contribution in [3.05, 3.63) is 35.3 Å². The molecule has 6 nitrogen and oxygen atoms in total. The van der Waals surface area contributed by atoms with Gasteiger partial charge in [0.2, 0.25) is 5.91 Å². The maximum absolute atomic E-state index is 12.3. The van der Waals surface area contributed by atoms with E-state index in [-0.39, 0.29) is 10.8 Å². The maximum Gasteiger partial charge on any atom is 0.263 e. The van der Waals surface area contributed by atoms with Crippen molar-refractivity contribution in [2.45, 2.75) is 24.2 Å². The summed E-state index contributed by atoms with van der Waals surface area (Å²) in [7, 11) is -3.71. The molecule has 0 aliphatic carbocycles. The van der Waals surface area contributed by atoms with Crippen LogP contribution in [0.5, 0.6) is 0 Å². The SMILES string of the molecule is CC1(C)C(=O)Nc2ccc(S(=O)(=O)Nc3nccs3)cc21. The van der Waals surface area contributed by atoms with Gasteiger partial charge in [0.05, 0.1) is 10.3 Å². The minimum absolute atomic E-state index is 0.112. The average molecular weight is 323 g/mol. The van der Waals surface area contributed by atoms with Gasteiger partial charge in [0.25, 0.3) is 10.0 Å². The van der Waals surface area contributed by atoms with E-state index >= 15 is 0 Å². The molecule has 1 aliphatic heterocycles. The molecule has 21 heavy (non-hydrogen) atoms. The standard InChI is InChI=1S/C13H13N3O3S2/c1-13(2)9-7-8(3-4-10(9)15-11(13)17)21(18,19)16-12-14-5-6-20-12/h3-7H,1-2H3,(H,14,16)(H,15,17). The molecule has 8 heteroatoms. The number of sulfonamides is 1. The van der Waals surface area contributed by atoms with Crippen LogP contribution in [0.15, 0.2) is 34.7 Å². The fourth-order valence-corrected chi connectivity index (χ4v) is 3.98. The molecule has 0 spiro atoms. The molecule has 0 radical (unpaired) electrons. The highest BCUT2D eigenvalue weighted by Crippen LogP contribution is 2.38. The van der Waals surface area contributed by atoms with Gasteiger partial charge in [-0.2, -0.15) is 0 Å². The number of nitrogens with one attached hydrogen (secondary N) is 2. The van der Waals surface area contributed by atoms with E-state index in [9.17, 15) is 13.2 Å². The van der Waals surface area contributed by atoms with Crippen molar-refractivity contribution in [3.63, 3.8) is 0 Å². The Labute approximate surface area is 126 Å². The lowest BCUT2D eigenvalue weighted by atomic mass is 9.86. The first kappa shape index (κ1) is 14.0. The Morgan fingerprint density at radius 1 is 1.33 bits per heavy atom. The zero-order chi connectivity index (χ0) is 15.3. The van der Waals surface area contributed by atoms with Crippen molar-refractivity contribution in [2.24, 2.45) is 0 Å². The Morgan fingerprint density at radius 3 is 2.76 bits per heavy atom. The Balaban J connectivity index is 2.02. The lowest BCUT2D eigenvalue weighted by Gasteiger charge is -2.15. The first-order valence-corrected chi connectivity index (χ1v) is 8.55. The second kappa shape index (κ2) is 4.54. The van der Waals surface area contributed by atoms with Crippen LogP contribution in [0.25, 0.3) is 0 Å². The molecular weight excluding hydrogens is 310 g/mol. The molecule has 0 fully saturated rings. The van der Waals surface area contributed by atoms with Crippen LogP contribution in [0.2, 0.25) is 0 Å². The van der Waals surface area contributed by atoms with Crippen LogP contribution >= 0.6 is 11.3 Å². The van der Waals surface area contributed by atoms with E-state index in [1.807, 2.05) is 0 Å². The summed E-state index contributed by atoms with van der Waals surface area (Å²) in [6.45, 7) is 3.53. The van der Waals surface area contributed by atoms with Gasteiger partial charge in [-0.25, -0.2) is 13.4 Å². The van der Waals surface area contributed by atoms with Crippen LogP contribution in [0.4, 0.5) is 10.8 Å². The van der Waals surface area contributed by atoms with E-state index in [1.54, 1.807) is 25.3 Å². The highest BCUT2D eigenvalue weighted by atomic mass is 32.2. The average Bonchev–Trinajstić information content (AvgIpc) is 2.97. The summed E-state index contributed by atoms with van der Waals surface area (Å²) in [6, 6.07) is 4.61. The summed E-state index contributed by atoms with van der Waals surface area (Å²) in [6.07, 6.45) is 1.52. The van der Waals surface area contributed by atoms with E-state index in [4.69, 9.17) is 0 Å². The van der Waals surface area contributed by atoms with E-state index < -0.39 is 15.4 Å². The van der Waals surface area contributed by atoms with Crippen LogP contribution in [0, 0.1) is 0 Å². The van der Waals surface area contributed by atoms with Gasteiger partial charge in [-0.15, -0.1) is 11.3 Å². The van der Waals surface area contributed by atoms with E-state index in [2.05, 4.69) is 15.0 Å². The number of amides is 1. The molecule has 2 N–H and O–H groups in total. The summed E-state index contributed by atoms with van der Waals surface area (Å²) < 4.78 is 27.1. The lowest BCUT2D eigenvalue weighted by Crippen LogP contribution is -2.27. The summed E-state index contributed by atoms with van der Waals surface area (Å²) in [4.78, 5) is 15.9. The van der Waals surface area contributed by atoms with Crippen molar-refractivity contribution in [3.8, 4) is 0 Å². The molecule has 2 aromatic rings. The number of benzene rings is 1. The molecule has 0 saturated heterocycles. The molecule has 0 unspecified atom stereocenters. The second-order valence-corrected chi connectivity index (χ2v) is 7.81. The van der Waals surface area contributed by atoms with E-state index in [1.165, 1.54) is 29.7 Å². The first-order chi connectivity index (χ1) is 9.80. The predicted octanol–water partition coefficient (Wildman–Crippen LogP) is 2.17. The van der Waals surface area contributed by atoms with Crippen LogP contribution in [0.3, 0.4) is 0 Å². The van der Waals surface area contributed by atoms with Gasteiger partial charge < -0.3 is 5.32 Å². The molecule has 0 atom stereocenters. The Bertz CT molecular complexity index is 811. The number of rotatable bonds is 3. The molecule has 3 rings (SSSR count). The predicted molar refractivity (Wildman–Crippen MR) is 81.0 cm³/mol. The van der Waals surface area contributed by atoms with Gasteiger partial charge >= 0.3 is 0 Å². The lowest BCUT2D eigenvalue weighted by molar-refractivity contribution is -0.119. The smallest absolute Gasteiger partial charge is 0.263 e. The molecular formula is C13H13N3O3S2. The van der Waals surface area contributed by atoms with Crippen LogP contribution in [0.1, 0.15) is 19.4 Å². The first-order valence-electron chi connectivity index (χ1n) is 6.19. The molecule has 2 heterocycles. The van der Waals surface area contributed by atoms with Crippen LogP contribution < -0.4 is 10.0 Å². The van der Waals surface area contributed by atoms with Gasteiger partial charge in [-0.3, -0.25) is 9.52 Å². The van der Waals surface area contributed by atoms with Crippen molar-refractivity contribution in [1.82, 2.24) is 4.98 Å². The third kappa shape index (κ3) is 2.30. The summed E-state index contributed by atoms with van der Waals surface area (Å²) in [5, 5.41) is 4.74. The van der Waals surface area contributed by atoms with Crippen molar-refractivity contribution >= 4 is 38.1 Å². The zero-order valence-electron chi connectivity index (χ0n) is 11.4. The summed E-state index contributed by atoms with van der Waals surface area (Å²) >= 11 is 1.20. The van der Waals surface area contributed by atoms with E-state index in [0.717, 1.165) is 0 Å². The highest BCUT2D eigenvalue weighted by molar-refractivity contribution is 7.93. The van der Waals surface area contributed by atoms with Gasteiger partial charge in [0, 0.05) is 17.3 Å². The second-order valence-electron chi connectivity index (χ2n) is 5.23.